The Morgan fingerprint density at radius 1 is 1.67 bits per heavy atom. The molecule has 2 N–H and O–H groups in total. The summed E-state index contributed by atoms with van der Waals surface area (Å²) in [6.45, 7) is 2.26. The number of carbonyl (C=O) groups is 1. The van der Waals surface area contributed by atoms with Crippen molar-refractivity contribution < 1.29 is 4.79 Å². The Bertz CT molecular complexity index is 448. The van der Waals surface area contributed by atoms with Gasteiger partial charge in [-0.1, -0.05) is 0 Å². The van der Waals surface area contributed by atoms with Crippen LogP contribution in [-0.4, -0.2) is 21.1 Å². The first-order chi connectivity index (χ1) is 7.27. The van der Waals surface area contributed by atoms with Gasteiger partial charge in [0.1, 0.15) is 0 Å². The number of H-pyrrole nitrogens is 1. The SMILES string of the molecule is Cc1[nH]ncc1C(=O)NCc1cscn1. The summed E-state index contributed by atoms with van der Waals surface area (Å²) in [6.07, 6.45) is 1.52. The summed E-state index contributed by atoms with van der Waals surface area (Å²) in [5, 5.41) is 11.2. The van der Waals surface area contributed by atoms with E-state index in [2.05, 4.69) is 20.5 Å². The molecule has 5 nitrogen and oxygen atoms in total. The molecule has 0 atom stereocenters. The minimum atomic E-state index is -0.130. The van der Waals surface area contributed by atoms with Gasteiger partial charge in [0.15, 0.2) is 0 Å². The molecule has 0 aliphatic carbocycles. The topological polar surface area (TPSA) is 70.7 Å². The molecule has 6 heteroatoms. The van der Waals surface area contributed by atoms with Crippen molar-refractivity contribution in [2.24, 2.45) is 0 Å². The van der Waals surface area contributed by atoms with E-state index in [4.69, 9.17) is 0 Å². The highest BCUT2D eigenvalue weighted by Crippen LogP contribution is 2.04. The van der Waals surface area contributed by atoms with E-state index >= 15 is 0 Å². The molecule has 78 valence electrons. The molecule has 2 rings (SSSR count). The molecule has 0 saturated heterocycles. The lowest BCUT2D eigenvalue weighted by Gasteiger charge is -2.01. The molecule has 1 amide bonds. The van der Waals surface area contributed by atoms with E-state index < -0.39 is 0 Å². The van der Waals surface area contributed by atoms with Gasteiger partial charge < -0.3 is 5.32 Å². The lowest BCUT2D eigenvalue weighted by molar-refractivity contribution is 0.0950. The maximum Gasteiger partial charge on any atom is 0.255 e. The van der Waals surface area contributed by atoms with Crippen LogP contribution in [0.15, 0.2) is 17.1 Å². The first-order valence-corrected chi connectivity index (χ1v) is 5.37. The van der Waals surface area contributed by atoms with E-state index in [0.29, 0.717) is 12.1 Å². The van der Waals surface area contributed by atoms with E-state index in [0.717, 1.165) is 11.4 Å². The number of carbonyl (C=O) groups excluding carboxylic acids is 1. The fourth-order valence-electron chi connectivity index (χ4n) is 1.17. The quantitative estimate of drug-likeness (QED) is 0.817. The number of thiazole rings is 1. The largest absolute Gasteiger partial charge is 0.346 e. The number of nitrogens with zero attached hydrogens (tertiary/aromatic N) is 2. The number of amides is 1. The summed E-state index contributed by atoms with van der Waals surface area (Å²) >= 11 is 1.51. The Balaban J connectivity index is 1.96. The molecule has 2 heterocycles. The van der Waals surface area contributed by atoms with Gasteiger partial charge >= 0.3 is 0 Å². The predicted molar refractivity (Wildman–Crippen MR) is 56.6 cm³/mol. The van der Waals surface area contributed by atoms with E-state index in [1.54, 1.807) is 5.51 Å². The van der Waals surface area contributed by atoms with Gasteiger partial charge in [-0.2, -0.15) is 5.10 Å². The summed E-state index contributed by atoms with van der Waals surface area (Å²) < 4.78 is 0. The van der Waals surface area contributed by atoms with Crippen LogP contribution in [0.25, 0.3) is 0 Å². The van der Waals surface area contributed by atoms with Crippen molar-refractivity contribution in [1.82, 2.24) is 20.5 Å². The Kier molecular flexibility index (Phi) is 2.77. The zero-order valence-electron chi connectivity index (χ0n) is 8.15. The summed E-state index contributed by atoms with van der Waals surface area (Å²) in [5.74, 6) is -0.130. The van der Waals surface area contributed by atoms with Crippen molar-refractivity contribution in [3.8, 4) is 0 Å². The van der Waals surface area contributed by atoms with Gasteiger partial charge in [0, 0.05) is 11.1 Å². The van der Waals surface area contributed by atoms with Crippen LogP contribution < -0.4 is 5.32 Å². The molecule has 0 spiro atoms. The minimum Gasteiger partial charge on any atom is -0.346 e. The Labute approximate surface area is 90.6 Å². The Hall–Kier alpha value is -1.69. The molecule has 0 aliphatic heterocycles. The van der Waals surface area contributed by atoms with E-state index in [1.165, 1.54) is 17.5 Å². The molecule has 0 aromatic carbocycles. The zero-order chi connectivity index (χ0) is 10.7. The van der Waals surface area contributed by atoms with E-state index in [-0.39, 0.29) is 5.91 Å². The molecule has 0 radical (unpaired) electrons. The minimum absolute atomic E-state index is 0.130. The molecule has 0 aliphatic rings. The number of hydrogen-bond donors (Lipinski definition) is 2. The first kappa shape index (κ1) is 9.85. The third-order valence-corrected chi connectivity index (χ3v) is 2.62. The van der Waals surface area contributed by atoms with Crippen LogP contribution in [0.4, 0.5) is 0 Å². The zero-order valence-corrected chi connectivity index (χ0v) is 8.97. The molecule has 0 unspecified atom stereocenters. The molecule has 2 aromatic heterocycles. The maximum atomic E-state index is 11.6. The van der Waals surface area contributed by atoms with Crippen LogP contribution in [0.5, 0.6) is 0 Å². The third kappa shape index (κ3) is 2.21. The number of aromatic nitrogens is 3. The maximum absolute atomic E-state index is 11.6. The highest BCUT2D eigenvalue weighted by molar-refractivity contribution is 7.07. The Morgan fingerprint density at radius 3 is 3.13 bits per heavy atom. The number of rotatable bonds is 3. The van der Waals surface area contributed by atoms with Gasteiger partial charge in [-0.15, -0.1) is 11.3 Å². The fraction of sp³-hybridized carbons (Fsp3) is 0.222. The van der Waals surface area contributed by atoms with Crippen molar-refractivity contribution in [3.05, 3.63) is 34.0 Å². The molecular weight excluding hydrogens is 212 g/mol. The van der Waals surface area contributed by atoms with Crippen molar-refractivity contribution in [1.29, 1.82) is 0 Å². The predicted octanol–water partition coefficient (Wildman–Crippen LogP) is 1.10. The fourth-order valence-corrected chi connectivity index (χ4v) is 1.73. The summed E-state index contributed by atoms with van der Waals surface area (Å²) in [7, 11) is 0. The number of aryl methyl sites for hydroxylation is 1. The number of nitrogens with one attached hydrogen (secondary N) is 2. The van der Waals surface area contributed by atoms with E-state index in [9.17, 15) is 4.79 Å². The third-order valence-electron chi connectivity index (χ3n) is 1.99. The number of hydrogen-bond acceptors (Lipinski definition) is 4. The van der Waals surface area contributed by atoms with Gasteiger partial charge in [0.2, 0.25) is 0 Å². The molecule has 0 bridgehead atoms. The van der Waals surface area contributed by atoms with Crippen molar-refractivity contribution in [2.75, 3.05) is 0 Å². The lowest BCUT2D eigenvalue weighted by Crippen LogP contribution is -2.23. The van der Waals surface area contributed by atoms with Crippen LogP contribution in [0.1, 0.15) is 21.7 Å². The molecule has 0 saturated carbocycles. The number of aromatic amines is 1. The Morgan fingerprint density at radius 2 is 2.53 bits per heavy atom. The van der Waals surface area contributed by atoms with Crippen LogP contribution in [0.2, 0.25) is 0 Å². The van der Waals surface area contributed by atoms with Gasteiger partial charge in [-0.3, -0.25) is 9.89 Å². The van der Waals surface area contributed by atoms with Gasteiger partial charge in [-0.25, -0.2) is 4.98 Å². The van der Waals surface area contributed by atoms with Crippen molar-refractivity contribution >= 4 is 17.2 Å². The highest BCUT2D eigenvalue weighted by Gasteiger charge is 2.10. The first-order valence-electron chi connectivity index (χ1n) is 4.42. The molecule has 15 heavy (non-hydrogen) atoms. The normalized spacial score (nSPS) is 10.2. The second kappa shape index (κ2) is 4.22. The average molecular weight is 222 g/mol. The van der Waals surface area contributed by atoms with Crippen LogP contribution in [0.3, 0.4) is 0 Å². The summed E-state index contributed by atoms with van der Waals surface area (Å²) in [4.78, 5) is 15.7. The average Bonchev–Trinajstić information content (AvgIpc) is 2.84. The molecule has 2 aromatic rings. The highest BCUT2D eigenvalue weighted by atomic mass is 32.1. The lowest BCUT2D eigenvalue weighted by atomic mass is 10.2. The second-order valence-corrected chi connectivity index (χ2v) is 3.79. The van der Waals surface area contributed by atoms with E-state index in [1.807, 2.05) is 12.3 Å². The standard InChI is InChI=1S/C9H10N4OS/c1-6-8(3-12-13-6)9(14)10-2-7-4-15-5-11-7/h3-5H,2H2,1H3,(H,10,14)(H,12,13). The smallest absolute Gasteiger partial charge is 0.255 e. The van der Waals surface area contributed by atoms with Crippen LogP contribution >= 0.6 is 11.3 Å². The van der Waals surface area contributed by atoms with Gasteiger partial charge in [0.05, 0.1) is 29.5 Å². The summed E-state index contributed by atoms with van der Waals surface area (Å²) in [6, 6.07) is 0. The van der Waals surface area contributed by atoms with Crippen LogP contribution in [-0.2, 0) is 6.54 Å². The van der Waals surface area contributed by atoms with Gasteiger partial charge in [0.25, 0.3) is 5.91 Å². The molecule has 0 fully saturated rings. The second-order valence-electron chi connectivity index (χ2n) is 3.07. The van der Waals surface area contributed by atoms with Crippen molar-refractivity contribution in [3.63, 3.8) is 0 Å². The molecular formula is C9H10N4OS. The van der Waals surface area contributed by atoms with Crippen LogP contribution in [0, 0.1) is 6.92 Å². The van der Waals surface area contributed by atoms with Crippen molar-refractivity contribution in [2.45, 2.75) is 13.5 Å². The van der Waals surface area contributed by atoms with Gasteiger partial charge in [-0.05, 0) is 6.92 Å². The summed E-state index contributed by atoms with van der Waals surface area (Å²) in [5.41, 5.74) is 3.95. The monoisotopic (exact) mass is 222 g/mol.